The van der Waals surface area contributed by atoms with E-state index in [2.05, 4.69) is 20.2 Å². The molecule has 0 radical (unpaired) electrons. The van der Waals surface area contributed by atoms with Crippen molar-refractivity contribution in [1.29, 1.82) is 0 Å². The molecule has 18 heavy (non-hydrogen) atoms. The van der Waals surface area contributed by atoms with E-state index in [4.69, 9.17) is 4.74 Å². The highest BCUT2D eigenvalue weighted by Gasteiger charge is 2.28. The number of hydrogen-bond donors (Lipinski definition) is 1. The molecule has 1 unspecified atom stereocenters. The molecule has 2 heterocycles. The summed E-state index contributed by atoms with van der Waals surface area (Å²) in [6, 6.07) is 3.01. The van der Waals surface area contributed by atoms with E-state index in [9.17, 15) is 0 Å². The lowest BCUT2D eigenvalue weighted by Crippen LogP contribution is -2.51. The summed E-state index contributed by atoms with van der Waals surface area (Å²) in [5.41, 5.74) is 1.01. The third-order valence-electron chi connectivity index (χ3n) is 3.49. The molecule has 0 spiro atoms. The highest BCUT2D eigenvalue weighted by Crippen LogP contribution is 2.20. The number of ether oxygens (including phenoxy) is 1. The van der Waals surface area contributed by atoms with Crippen LogP contribution in [-0.2, 0) is 4.74 Å². The summed E-state index contributed by atoms with van der Waals surface area (Å²) in [6.45, 7) is 5.36. The molecule has 1 saturated heterocycles. The SMILES string of the molecule is Cc1ccnc(N2CCOCC2CNC2CC2)n1. The van der Waals surface area contributed by atoms with Crippen molar-refractivity contribution in [2.24, 2.45) is 0 Å². The highest BCUT2D eigenvalue weighted by molar-refractivity contribution is 5.33. The molecule has 5 heteroatoms. The fourth-order valence-corrected chi connectivity index (χ4v) is 2.25. The molecule has 3 rings (SSSR count). The quantitative estimate of drug-likeness (QED) is 0.852. The summed E-state index contributed by atoms with van der Waals surface area (Å²) < 4.78 is 5.58. The van der Waals surface area contributed by atoms with Crippen LogP contribution in [0.3, 0.4) is 0 Å². The summed E-state index contributed by atoms with van der Waals surface area (Å²) in [5, 5.41) is 3.56. The molecular formula is C13H20N4O. The summed E-state index contributed by atoms with van der Waals surface area (Å²) in [6.07, 6.45) is 4.46. The average molecular weight is 248 g/mol. The Morgan fingerprint density at radius 2 is 2.39 bits per heavy atom. The number of rotatable bonds is 4. The number of hydrogen-bond acceptors (Lipinski definition) is 5. The second-order valence-electron chi connectivity index (χ2n) is 5.10. The smallest absolute Gasteiger partial charge is 0.225 e. The van der Waals surface area contributed by atoms with Crippen molar-refractivity contribution >= 4 is 5.95 Å². The first kappa shape index (κ1) is 11.9. The normalized spacial score (nSPS) is 24.3. The van der Waals surface area contributed by atoms with Crippen molar-refractivity contribution in [2.45, 2.75) is 31.8 Å². The molecule has 1 N–H and O–H groups in total. The van der Waals surface area contributed by atoms with E-state index >= 15 is 0 Å². The van der Waals surface area contributed by atoms with Crippen LogP contribution < -0.4 is 10.2 Å². The molecule has 1 saturated carbocycles. The van der Waals surface area contributed by atoms with Crippen molar-refractivity contribution in [3.05, 3.63) is 18.0 Å². The average Bonchev–Trinajstić information content (AvgIpc) is 3.21. The van der Waals surface area contributed by atoms with Gasteiger partial charge in [0.1, 0.15) is 0 Å². The van der Waals surface area contributed by atoms with E-state index in [1.54, 1.807) is 0 Å². The number of nitrogens with zero attached hydrogens (tertiary/aromatic N) is 3. The number of morpholine rings is 1. The van der Waals surface area contributed by atoms with Gasteiger partial charge in [-0.15, -0.1) is 0 Å². The van der Waals surface area contributed by atoms with E-state index in [1.165, 1.54) is 12.8 Å². The van der Waals surface area contributed by atoms with E-state index in [1.807, 2.05) is 19.2 Å². The predicted molar refractivity (Wildman–Crippen MR) is 69.7 cm³/mol. The van der Waals surface area contributed by atoms with E-state index in [-0.39, 0.29) is 0 Å². The lowest BCUT2D eigenvalue weighted by molar-refractivity contribution is 0.0927. The molecule has 0 amide bonds. The van der Waals surface area contributed by atoms with Crippen LogP contribution in [0.4, 0.5) is 5.95 Å². The Hall–Kier alpha value is -1.20. The van der Waals surface area contributed by atoms with Crippen LogP contribution in [-0.4, -0.2) is 48.4 Å². The van der Waals surface area contributed by atoms with Gasteiger partial charge in [0.2, 0.25) is 5.95 Å². The van der Waals surface area contributed by atoms with Crippen molar-refractivity contribution in [3.63, 3.8) is 0 Å². The number of aromatic nitrogens is 2. The van der Waals surface area contributed by atoms with Gasteiger partial charge in [-0.3, -0.25) is 0 Å². The molecule has 1 aliphatic heterocycles. The first-order valence-electron chi connectivity index (χ1n) is 6.70. The Bertz CT molecular complexity index is 408. The van der Waals surface area contributed by atoms with Crippen LogP contribution in [0.25, 0.3) is 0 Å². The number of aryl methyl sites for hydroxylation is 1. The van der Waals surface area contributed by atoms with Crippen molar-refractivity contribution in [2.75, 3.05) is 31.2 Å². The van der Waals surface area contributed by atoms with Crippen LogP contribution in [0.2, 0.25) is 0 Å². The molecule has 2 aliphatic rings. The first-order chi connectivity index (χ1) is 8.83. The van der Waals surface area contributed by atoms with E-state index < -0.39 is 0 Å². The van der Waals surface area contributed by atoms with E-state index in [0.717, 1.165) is 44.0 Å². The zero-order valence-corrected chi connectivity index (χ0v) is 10.8. The van der Waals surface area contributed by atoms with Gasteiger partial charge in [-0.2, -0.15) is 0 Å². The van der Waals surface area contributed by atoms with Crippen LogP contribution >= 0.6 is 0 Å². The molecule has 5 nitrogen and oxygen atoms in total. The van der Waals surface area contributed by atoms with Gasteiger partial charge in [-0.25, -0.2) is 9.97 Å². The summed E-state index contributed by atoms with van der Waals surface area (Å²) in [5.74, 6) is 0.834. The van der Waals surface area contributed by atoms with Gasteiger partial charge in [0.15, 0.2) is 0 Å². The van der Waals surface area contributed by atoms with Gasteiger partial charge >= 0.3 is 0 Å². The summed E-state index contributed by atoms with van der Waals surface area (Å²) in [7, 11) is 0. The maximum Gasteiger partial charge on any atom is 0.225 e. The molecule has 1 aliphatic carbocycles. The van der Waals surface area contributed by atoms with Crippen molar-refractivity contribution < 1.29 is 4.74 Å². The predicted octanol–water partition coefficient (Wildman–Crippen LogP) is 0.742. The van der Waals surface area contributed by atoms with Crippen LogP contribution in [0, 0.1) is 6.92 Å². The van der Waals surface area contributed by atoms with Crippen LogP contribution in [0.5, 0.6) is 0 Å². The minimum absolute atomic E-state index is 0.348. The fraction of sp³-hybridized carbons (Fsp3) is 0.692. The lowest BCUT2D eigenvalue weighted by atomic mass is 10.2. The Morgan fingerprint density at radius 3 is 3.17 bits per heavy atom. The van der Waals surface area contributed by atoms with Crippen molar-refractivity contribution in [1.82, 2.24) is 15.3 Å². The zero-order valence-electron chi connectivity index (χ0n) is 10.8. The minimum atomic E-state index is 0.348. The highest BCUT2D eigenvalue weighted by atomic mass is 16.5. The first-order valence-corrected chi connectivity index (χ1v) is 6.70. The third kappa shape index (κ3) is 2.79. The molecule has 98 valence electrons. The lowest BCUT2D eigenvalue weighted by Gasteiger charge is -2.35. The molecular weight excluding hydrogens is 228 g/mol. The monoisotopic (exact) mass is 248 g/mol. The summed E-state index contributed by atoms with van der Waals surface area (Å²) in [4.78, 5) is 11.2. The maximum absolute atomic E-state index is 5.58. The molecule has 2 fully saturated rings. The molecule has 0 bridgehead atoms. The second-order valence-corrected chi connectivity index (χ2v) is 5.10. The molecule has 0 aromatic carbocycles. The zero-order chi connectivity index (χ0) is 12.4. The Kier molecular flexibility index (Phi) is 3.43. The van der Waals surface area contributed by atoms with Gasteiger partial charge < -0.3 is 15.0 Å². The topological polar surface area (TPSA) is 50.3 Å². The Labute approximate surface area is 108 Å². The largest absolute Gasteiger partial charge is 0.377 e. The van der Waals surface area contributed by atoms with Gasteiger partial charge in [0, 0.05) is 31.0 Å². The van der Waals surface area contributed by atoms with Gasteiger partial charge in [-0.05, 0) is 25.8 Å². The summed E-state index contributed by atoms with van der Waals surface area (Å²) >= 11 is 0. The Balaban J connectivity index is 1.69. The van der Waals surface area contributed by atoms with Gasteiger partial charge in [0.25, 0.3) is 0 Å². The van der Waals surface area contributed by atoms with E-state index in [0.29, 0.717) is 6.04 Å². The fourth-order valence-electron chi connectivity index (χ4n) is 2.25. The van der Waals surface area contributed by atoms with Crippen molar-refractivity contribution in [3.8, 4) is 0 Å². The second kappa shape index (κ2) is 5.20. The van der Waals surface area contributed by atoms with Crippen LogP contribution in [0.1, 0.15) is 18.5 Å². The number of anilines is 1. The standard InChI is InChI=1S/C13H20N4O/c1-10-4-5-14-13(16-10)17-6-7-18-9-12(17)8-15-11-2-3-11/h4-5,11-12,15H,2-3,6-9H2,1H3. The third-order valence-corrected chi connectivity index (χ3v) is 3.49. The van der Waals surface area contributed by atoms with Gasteiger partial charge in [-0.1, -0.05) is 0 Å². The van der Waals surface area contributed by atoms with Crippen LogP contribution in [0.15, 0.2) is 12.3 Å². The number of nitrogens with one attached hydrogen (secondary N) is 1. The molecule has 1 aromatic rings. The minimum Gasteiger partial charge on any atom is -0.377 e. The van der Waals surface area contributed by atoms with Gasteiger partial charge in [0.05, 0.1) is 19.3 Å². The molecule has 1 atom stereocenters. The molecule has 1 aromatic heterocycles. The maximum atomic E-state index is 5.58. The Morgan fingerprint density at radius 1 is 1.50 bits per heavy atom.